The van der Waals surface area contributed by atoms with Crippen molar-refractivity contribution >= 4 is 5.91 Å². The fraction of sp³-hybridized carbons (Fsp3) is 0.500. The highest BCUT2D eigenvalue weighted by Gasteiger charge is 2.03. The molecule has 0 saturated heterocycles. The summed E-state index contributed by atoms with van der Waals surface area (Å²) in [6.07, 6.45) is 2.51. The van der Waals surface area contributed by atoms with E-state index in [0.717, 1.165) is 0 Å². The third-order valence-corrected chi connectivity index (χ3v) is 1.87. The second-order valence-electron chi connectivity index (χ2n) is 3.44. The molecule has 0 fully saturated rings. The smallest absolute Gasteiger partial charge is 0.253 e. The van der Waals surface area contributed by atoms with Crippen LogP contribution in [0, 0.1) is 0 Å². The van der Waals surface area contributed by atoms with Crippen LogP contribution in [0.5, 0.6) is 0 Å². The fourth-order valence-corrected chi connectivity index (χ4v) is 1.10. The number of hydrogen-bond acceptors (Lipinski definition) is 5. The molecule has 0 saturated carbocycles. The molecule has 1 atom stereocenters. The first-order valence-corrected chi connectivity index (χ1v) is 5.14. The van der Waals surface area contributed by atoms with Crippen molar-refractivity contribution in [2.75, 3.05) is 19.6 Å². The van der Waals surface area contributed by atoms with Crippen molar-refractivity contribution < 1.29 is 9.90 Å². The van der Waals surface area contributed by atoms with Crippen LogP contribution in [0.25, 0.3) is 0 Å². The van der Waals surface area contributed by atoms with Crippen molar-refractivity contribution in [3.8, 4) is 0 Å². The van der Waals surface area contributed by atoms with E-state index in [4.69, 9.17) is 5.11 Å². The van der Waals surface area contributed by atoms with Crippen molar-refractivity contribution in [1.82, 2.24) is 20.8 Å². The molecule has 0 aliphatic heterocycles. The van der Waals surface area contributed by atoms with Crippen molar-refractivity contribution in [1.29, 1.82) is 0 Å². The van der Waals surface area contributed by atoms with E-state index in [0.29, 0.717) is 25.2 Å². The molecule has 0 spiro atoms. The lowest BCUT2D eigenvalue weighted by Gasteiger charge is -2.07. The van der Waals surface area contributed by atoms with Crippen molar-refractivity contribution in [3.05, 3.63) is 24.0 Å². The van der Waals surface area contributed by atoms with E-state index in [9.17, 15) is 4.79 Å². The Labute approximate surface area is 94.1 Å². The van der Waals surface area contributed by atoms with Gasteiger partial charge in [-0.25, -0.2) is 0 Å². The average molecular weight is 224 g/mol. The Morgan fingerprint density at radius 3 is 2.94 bits per heavy atom. The lowest BCUT2D eigenvalue weighted by atomic mass is 10.3. The van der Waals surface area contributed by atoms with Crippen LogP contribution in [-0.4, -0.2) is 46.9 Å². The largest absolute Gasteiger partial charge is 0.392 e. The zero-order valence-electron chi connectivity index (χ0n) is 9.18. The molecule has 0 aromatic carbocycles. The van der Waals surface area contributed by atoms with Crippen molar-refractivity contribution in [2.45, 2.75) is 13.0 Å². The number of aliphatic hydroxyl groups is 1. The van der Waals surface area contributed by atoms with Gasteiger partial charge in [-0.1, -0.05) is 0 Å². The van der Waals surface area contributed by atoms with Gasteiger partial charge in [0.15, 0.2) is 0 Å². The molecular weight excluding hydrogens is 208 g/mol. The second-order valence-corrected chi connectivity index (χ2v) is 3.44. The highest BCUT2D eigenvalue weighted by atomic mass is 16.3. The summed E-state index contributed by atoms with van der Waals surface area (Å²) in [5, 5.41) is 21.9. The Hall–Kier alpha value is -1.53. The standard InChI is InChI=1S/C10H16N4O2/c1-8(15)6-11-4-5-12-10(16)9-2-3-13-14-7-9/h2-3,7-8,11,15H,4-6H2,1H3,(H,12,16). The van der Waals surface area contributed by atoms with Crippen LogP contribution < -0.4 is 10.6 Å². The van der Waals surface area contributed by atoms with E-state index in [1.807, 2.05) is 0 Å². The Morgan fingerprint density at radius 1 is 1.50 bits per heavy atom. The zero-order chi connectivity index (χ0) is 11.8. The van der Waals surface area contributed by atoms with Gasteiger partial charge in [-0.05, 0) is 13.0 Å². The maximum absolute atomic E-state index is 11.5. The van der Waals surface area contributed by atoms with Crippen LogP contribution in [0.15, 0.2) is 18.5 Å². The van der Waals surface area contributed by atoms with Crippen LogP contribution in [0.2, 0.25) is 0 Å². The van der Waals surface area contributed by atoms with Crippen LogP contribution in [0.1, 0.15) is 17.3 Å². The first-order valence-electron chi connectivity index (χ1n) is 5.14. The summed E-state index contributed by atoms with van der Waals surface area (Å²) >= 11 is 0. The van der Waals surface area contributed by atoms with E-state index in [-0.39, 0.29) is 12.0 Å². The molecule has 0 bridgehead atoms. The number of hydrogen-bond donors (Lipinski definition) is 3. The number of carbonyl (C=O) groups excluding carboxylic acids is 1. The molecule has 0 radical (unpaired) electrons. The van der Waals surface area contributed by atoms with Gasteiger partial charge in [0.2, 0.25) is 0 Å². The lowest BCUT2D eigenvalue weighted by Crippen LogP contribution is -2.34. The molecule has 1 amide bonds. The van der Waals surface area contributed by atoms with Gasteiger partial charge < -0.3 is 15.7 Å². The molecule has 88 valence electrons. The molecule has 3 N–H and O–H groups in total. The summed E-state index contributed by atoms with van der Waals surface area (Å²) in [6, 6.07) is 1.60. The molecule has 0 aliphatic rings. The predicted octanol–water partition coefficient (Wildman–Crippen LogP) is -0.823. The molecule has 0 aliphatic carbocycles. The van der Waals surface area contributed by atoms with E-state index < -0.39 is 0 Å². The van der Waals surface area contributed by atoms with E-state index >= 15 is 0 Å². The number of nitrogens with one attached hydrogen (secondary N) is 2. The normalized spacial score (nSPS) is 12.1. The van der Waals surface area contributed by atoms with Gasteiger partial charge in [-0.2, -0.15) is 10.2 Å². The minimum absolute atomic E-state index is 0.172. The number of rotatable bonds is 6. The summed E-state index contributed by atoms with van der Waals surface area (Å²) < 4.78 is 0. The van der Waals surface area contributed by atoms with Gasteiger partial charge in [0, 0.05) is 19.6 Å². The summed E-state index contributed by atoms with van der Waals surface area (Å²) in [5.74, 6) is -0.172. The first kappa shape index (κ1) is 12.5. The fourth-order valence-electron chi connectivity index (χ4n) is 1.10. The summed E-state index contributed by atoms with van der Waals surface area (Å²) in [6.45, 7) is 3.35. The quantitative estimate of drug-likeness (QED) is 0.549. The average Bonchev–Trinajstić information content (AvgIpc) is 2.29. The van der Waals surface area contributed by atoms with Gasteiger partial charge in [-0.3, -0.25) is 4.79 Å². The van der Waals surface area contributed by atoms with Gasteiger partial charge >= 0.3 is 0 Å². The highest BCUT2D eigenvalue weighted by molar-refractivity contribution is 5.93. The zero-order valence-corrected chi connectivity index (χ0v) is 9.18. The summed E-state index contributed by atoms with van der Waals surface area (Å²) in [5.41, 5.74) is 0.491. The van der Waals surface area contributed by atoms with E-state index in [1.165, 1.54) is 12.4 Å². The Morgan fingerprint density at radius 2 is 2.31 bits per heavy atom. The van der Waals surface area contributed by atoms with Crippen LogP contribution in [0.4, 0.5) is 0 Å². The molecule has 1 aromatic rings. The van der Waals surface area contributed by atoms with Gasteiger partial charge in [-0.15, -0.1) is 0 Å². The van der Waals surface area contributed by atoms with Crippen LogP contribution in [-0.2, 0) is 0 Å². The van der Waals surface area contributed by atoms with E-state index in [2.05, 4.69) is 20.8 Å². The van der Waals surface area contributed by atoms with Gasteiger partial charge in [0.25, 0.3) is 5.91 Å². The molecular formula is C10H16N4O2. The van der Waals surface area contributed by atoms with E-state index in [1.54, 1.807) is 13.0 Å². The molecule has 1 unspecified atom stereocenters. The Balaban J connectivity index is 2.16. The van der Waals surface area contributed by atoms with Crippen LogP contribution in [0.3, 0.4) is 0 Å². The number of amides is 1. The summed E-state index contributed by atoms with van der Waals surface area (Å²) in [7, 11) is 0. The molecule has 6 nitrogen and oxygen atoms in total. The number of aliphatic hydroxyl groups excluding tert-OH is 1. The SMILES string of the molecule is CC(O)CNCCNC(=O)c1ccnnc1. The third-order valence-electron chi connectivity index (χ3n) is 1.87. The maximum atomic E-state index is 11.5. The lowest BCUT2D eigenvalue weighted by molar-refractivity contribution is 0.0953. The van der Waals surface area contributed by atoms with Gasteiger partial charge in [0.1, 0.15) is 0 Å². The highest BCUT2D eigenvalue weighted by Crippen LogP contribution is 1.92. The number of nitrogens with zero attached hydrogens (tertiary/aromatic N) is 2. The molecule has 1 heterocycles. The Kier molecular flexibility index (Phi) is 5.38. The predicted molar refractivity (Wildman–Crippen MR) is 58.9 cm³/mol. The second kappa shape index (κ2) is 6.86. The number of aromatic nitrogens is 2. The third kappa shape index (κ3) is 4.81. The topological polar surface area (TPSA) is 87.1 Å². The van der Waals surface area contributed by atoms with Crippen molar-refractivity contribution in [3.63, 3.8) is 0 Å². The monoisotopic (exact) mass is 224 g/mol. The Bertz CT molecular complexity index is 316. The molecule has 16 heavy (non-hydrogen) atoms. The maximum Gasteiger partial charge on any atom is 0.253 e. The summed E-state index contributed by atoms with van der Waals surface area (Å²) in [4.78, 5) is 11.5. The molecule has 1 rings (SSSR count). The van der Waals surface area contributed by atoms with Crippen molar-refractivity contribution in [2.24, 2.45) is 0 Å². The molecule has 1 aromatic heterocycles. The van der Waals surface area contributed by atoms with Gasteiger partial charge in [0.05, 0.1) is 24.1 Å². The van der Waals surface area contributed by atoms with Crippen LogP contribution >= 0.6 is 0 Å². The first-order chi connectivity index (χ1) is 7.70. The number of carbonyl (C=O) groups is 1. The molecule has 6 heteroatoms. The minimum atomic E-state index is -0.375. The minimum Gasteiger partial charge on any atom is -0.392 e.